The molecule has 1 fully saturated rings. The average Bonchev–Trinajstić information content (AvgIpc) is 2.60. The van der Waals surface area contributed by atoms with Crippen LogP contribution in [-0.2, 0) is 9.53 Å². The number of halogens is 1. The van der Waals surface area contributed by atoms with E-state index < -0.39 is 6.04 Å². The fraction of sp³-hybridized carbons (Fsp3) is 0.650. The number of ether oxygens (including phenoxy) is 1. The van der Waals surface area contributed by atoms with E-state index in [0.717, 1.165) is 31.6 Å². The smallest absolute Gasteiger partial charge is 0.327 e. The highest BCUT2D eigenvalue weighted by Crippen LogP contribution is 2.16. The van der Waals surface area contributed by atoms with Gasteiger partial charge in [0.25, 0.3) is 0 Å². The number of nitrogens with one attached hydrogen (secondary N) is 1. The second-order valence-corrected chi connectivity index (χ2v) is 7.19. The van der Waals surface area contributed by atoms with Crippen molar-refractivity contribution in [1.82, 2.24) is 10.2 Å². The lowest BCUT2D eigenvalue weighted by Crippen LogP contribution is -2.39. The van der Waals surface area contributed by atoms with Gasteiger partial charge in [0.05, 0.1) is 6.61 Å². The summed E-state index contributed by atoms with van der Waals surface area (Å²) in [5.74, 6) is -0.0981. The van der Waals surface area contributed by atoms with Crippen molar-refractivity contribution in [3.63, 3.8) is 0 Å². The maximum Gasteiger partial charge on any atom is 0.327 e. The van der Waals surface area contributed by atoms with Gasteiger partial charge in [-0.15, -0.1) is 0 Å². The monoisotopic (exact) mass is 350 g/mol. The van der Waals surface area contributed by atoms with E-state index in [2.05, 4.69) is 24.1 Å². The first-order valence-electron chi connectivity index (χ1n) is 9.44. The third kappa shape index (κ3) is 7.12. The van der Waals surface area contributed by atoms with Crippen LogP contribution in [0.1, 0.15) is 51.1 Å². The first-order valence-corrected chi connectivity index (χ1v) is 9.44. The fourth-order valence-electron chi connectivity index (χ4n) is 3.02. The zero-order valence-electron chi connectivity index (χ0n) is 15.5. The van der Waals surface area contributed by atoms with E-state index in [1.54, 1.807) is 12.1 Å². The second kappa shape index (κ2) is 10.5. The van der Waals surface area contributed by atoms with Crippen molar-refractivity contribution in [3.8, 4) is 0 Å². The van der Waals surface area contributed by atoms with Gasteiger partial charge in [-0.05, 0) is 56.0 Å². The van der Waals surface area contributed by atoms with E-state index in [4.69, 9.17) is 4.74 Å². The van der Waals surface area contributed by atoms with E-state index in [1.807, 2.05) is 0 Å². The molecular weight excluding hydrogens is 319 g/mol. The van der Waals surface area contributed by atoms with Gasteiger partial charge in [-0.2, -0.15) is 0 Å². The van der Waals surface area contributed by atoms with Gasteiger partial charge in [0, 0.05) is 13.1 Å². The minimum absolute atomic E-state index is 0.286. The predicted molar refractivity (Wildman–Crippen MR) is 97.8 cm³/mol. The molecule has 0 radical (unpaired) electrons. The van der Waals surface area contributed by atoms with Crippen LogP contribution >= 0.6 is 0 Å². The lowest BCUT2D eigenvalue weighted by atomic mass is 10.1. The summed E-state index contributed by atoms with van der Waals surface area (Å²) in [5.41, 5.74) is 0.745. The van der Waals surface area contributed by atoms with Crippen LogP contribution in [0.25, 0.3) is 0 Å². The molecule has 1 aliphatic heterocycles. The Kier molecular flexibility index (Phi) is 8.35. The molecule has 2 rings (SSSR count). The molecule has 1 saturated heterocycles. The Labute approximate surface area is 150 Å². The van der Waals surface area contributed by atoms with E-state index in [0.29, 0.717) is 19.1 Å². The van der Waals surface area contributed by atoms with Gasteiger partial charge >= 0.3 is 5.97 Å². The van der Waals surface area contributed by atoms with Crippen LogP contribution in [0.5, 0.6) is 0 Å². The molecule has 1 aromatic carbocycles. The van der Waals surface area contributed by atoms with Gasteiger partial charge in [-0.1, -0.05) is 32.4 Å². The highest BCUT2D eigenvalue weighted by molar-refractivity contribution is 5.77. The second-order valence-electron chi connectivity index (χ2n) is 7.19. The first kappa shape index (κ1) is 19.9. The number of hydrogen-bond donors (Lipinski definition) is 1. The molecule has 0 bridgehead atoms. The standard InChI is InChI=1S/C20H31FN2O2/c1-16(2)10-15-25-20(24)19(17-6-8-18(21)9-7-17)22-11-14-23-12-4-3-5-13-23/h6-9,16,19,22H,3-5,10-15H2,1-2H3. The van der Waals surface area contributed by atoms with Crippen LogP contribution < -0.4 is 5.32 Å². The Morgan fingerprint density at radius 1 is 1.20 bits per heavy atom. The Balaban J connectivity index is 1.91. The highest BCUT2D eigenvalue weighted by Gasteiger charge is 2.22. The Bertz CT molecular complexity index is 513. The molecular formula is C20H31FN2O2. The third-order valence-corrected chi connectivity index (χ3v) is 4.60. The van der Waals surface area contributed by atoms with Crippen molar-refractivity contribution in [2.45, 2.75) is 45.6 Å². The summed E-state index contributed by atoms with van der Waals surface area (Å²) in [6.07, 6.45) is 4.65. The maximum atomic E-state index is 13.2. The van der Waals surface area contributed by atoms with Gasteiger partial charge in [-0.3, -0.25) is 5.32 Å². The molecule has 1 aromatic rings. The Morgan fingerprint density at radius 2 is 1.88 bits per heavy atom. The summed E-state index contributed by atoms with van der Waals surface area (Å²) in [5, 5.41) is 3.30. The number of rotatable bonds is 9. The molecule has 1 N–H and O–H groups in total. The van der Waals surface area contributed by atoms with E-state index >= 15 is 0 Å². The van der Waals surface area contributed by atoms with Crippen molar-refractivity contribution in [2.75, 3.05) is 32.8 Å². The van der Waals surface area contributed by atoms with Crippen molar-refractivity contribution in [3.05, 3.63) is 35.6 Å². The Morgan fingerprint density at radius 3 is 2.52 bits per heavy atom. The van der Waals surface area contributed by atoms with Gasteiger partial charge in [-0.25, -0.2) is 9.18 Å². The molecule has 0 aromatic heterocycles. The molecule has 0 amide bonds. The quantitative estimate of drug-likeness (QED) is 0.692. The van der Waals surface area contributed by atoms with E-state index in [9.17, 15) is 9.18 Å². The van der Waals surface area contributed by atoms with Gasteiger partial charge < -0.3 is 9.64 Å². The summed E-state index contributed by atoms with van der Waals surface area (Å²) >= 11 is 0. The SMILES string of the molecule is CC(C)CCOC(=O)C(NCCN1CCCCC1)c1ccc(F)cc1. The number of esters is 1. The highest BCUT2D eigenvalue weighted by atomic mass is 19.1. The molecule has 140 valence electrons. The average molecular weight is 350 g/mol. The molecule has 0 spiro atoms. The van der Waals surface area contributed by atoms with E-state index in [1.165, 1.54) is 31.4 Å². The number of piperidine rings is 1. The van der Waals surface area contributed by atoms with Crippen LogP contribution in [0.15, 0.2) is 24.3 Å². The van der Waals surface area contributed by atoms with Crippen LogP contribution in [-0.4, -0.2) is 43.7 Å². The lowest BCUT2D eigenvalue weighted by Gasteiger charge is -2.27. The van der Waals surface area contributed by atoms with Gasteiger partial charge in [0.1, 0.15) is 11.9 Å². The molecule has 25 heavy (non-hydrogen) atoms. The number of hydrogen-bond acceptors (Lipinski definition) is 4. The molecule has 0 saturated carbocycles. The summed E-state index contributed by atoms with van der Waals surface area (Å²) in [6, 6.07) is 5.53. The van der Waals surface area contributed by atoms with Crippen LogP contribution in [0.4, 0.5) is 4.39 Å². The lowest BCUT2D eigenvalue weighted by molar-refractivity contribution is -0.146. The van der Waals surface area contributed by atoms with Gasteiger partial charge in [0.15, 0.2) is 0 Å². The van der Waals surface area contributed by atoms with Crippen LogP contribution in [0, 0.1) is 11.7 Å². The summed E-state index contributed by atoms with van der Waals surface area (Å²) in [4.78, 5) is 14.9. The van der Waals surface area contributed by atoms with E-state index in [-0.39, 0.29) is 11.8 Å². The van der Waals surface area contributed by atoms with Crippen LogP contribution in [0.3, 0.4) is 0 Å². The van der Waals surface area contributed by atoms with Crippen LogP contribution in [0.2, 0.25) is 0 Å². The summed E-state index contributed by atoms with van der Waals surface area (Å²) in [6.45, 7) is 8.49. The largest absolute Gasteiger partial charge is 0.464 e. The minimum atomic E-state index is -0.544. The minimum Gasteiger partial charge on any atom is -0.464 e. The van der Waals surface area contributed by atoms with Gasteiger partial charge in [0.2, 0.25) is 0 Å². The number of nitrogens with zero attached hydrogens (tertiary/aromatic N) is 1. The topological polar surface area (TPSA) is 41.6 Å². The van der Waals surface area contributed by atoms with Crippen molar-refractivity contribution in [1.29, 1.82) is 0 Å². The zero-order valence-corrected chi connectivity index (χ0v) is 15.5. The predicted octanol–water partition coefficient (Wildman–Crippen LogP) is 3.53. The Hall–Kier alpha value is -1.46. The number of carbonyl (C=O) groups is 1. The maximum absolute atomic E-state index is 13.2. The summed E-state index contributed by atoms with van der Waals surface area (Å²) in [7, 11) is 0. The number of carbonyl (C=O) groups excluding carboxylic acids is 1. The normalized spacial score (nSPS) is 16.8. The molecule has 5 heteroatoms. The molecule has 1 aliphatic rings. The third-order valence-electron chi connectivity index (χ3n) is 4.60. The summed E-state index contributed by atoms with van der Waals surface area (Å²) < 4.78 is 18.6. The van der Waals surface area contributed by atoms with Crippen molar-refractivity contribution in [2.24, 2.45) is 5.92 Å². The van der Waals surface area contributed by atoms with Crippen molar-refractivity contribution < 1.29 is 13.9 Å². The first-order chi connectivity index (χ1) is 12.1. The number of benzene rings is 1. The number of likely N-dealkylation sites (tertiary alicyclic amines) is 1. The van der Waals surface area contributed by atoms with Crippen molar-refractivity contribution >= 4 is 5.97 Å². The molecule has 1 heterocycles. The molecule has 4 nitrogen and oxygen atoms in total. The molecule has 0 aliphatic carbocycles. The fourth-order valence-corrected chi connectivity index (χ4v) is 3.02. The molecule has 1 unspecified atom stereocenters. The zero-order chi connectivity index (χ0) is 18.1. The molecule has 1 atom stereocenters.